The van der Waals surface area contributed by atoms with Gasteiger partial charge in [-0.25, -0.2) is 9.37 Å². The molecule has 3 aromatic rings. The van der Waals surface area contributed by atoms with Gasteiger partial charge < -0.3 is 14.6 Å². The average molecular weight is 218 g/mol. The molecule has 0 bridgehead atoms. The van der Waals surface area contributed by atoms with E-state index in [1.165, 1.54) is 18.4 Å². The molecule has 0 spiro atoms. The summed E-state index contributed by atoms with van der Waals surface area (Å²) >= 11 is 0. The highest BCUT2D eigenvalue weighted by Gasteiger charge is 2.13. The Morgan fingerprint density at radius 2 is 2.19 bits per heavy atom. The quantitative estimate of drug-likeness (QED) is 0.638. The third kappa shape index (κ3) is 1.25. The molecule has 0 atom stereocenters. The molecule has 2 N–H and O–H groups in total. The summed E-state index contributed by atoms with van der Waals surface area (Å²) in [5.41, 5.74) is 6.59. The van der Waals surface area contributed by atoms with Crippen LogP contribution in [-0.4, -0.2) is 4.98 Å². The van der Waals surface area contributed by atoms with Crippen LogP contribution in [0.25, 0.3) is 22.8 Å². The maximum atomic E-state index is 13.1. The molecule has 80 valence electrons. The molecule has 1 aromatic carbocycles. The molecule has 0 aliphatic heterocycles. The Balaban J connectivity index is 2.27. The monoisotopic (exact) mass is 218 g/mol. The lowest BCUT2D eigenvalue weighted by Gasteiger charge is -1.92. The Morgan fingerprint density at radius 1 is 1.31 bits per heavy atom. The molecular weight excluding hydrogens is 211 g/mol. The van der Waals surface area contributed by atoms with Crippen LogP contribution < -0.4 is 5.73 Å². The van der Waals surface area contributed by atoms with Crippen LogP contribution in [-0.2, 0) is 0 Å². The summed E-state index contributed by atoms with van der Waals surface area (Å²) in [7, 11) is 0. The van der Waals surface area contributed by atoms with Crippen molar-refractivity contribution in [3.8, 4) is 11.7 Å². The largest absolute Gasteiger partial charge is 0.459 e. The van der Waals surface area contributed by atoms with Gasteiger partial charge in [-0.2, -0.15) is 0 Å². The predicted molar refractivity (Wildman–Crippen MR) is 56.1 cm³/mol. The number of aromatic nitrogens is 1. The summed E-state index contributed by atoms with van der Waals surface area (Å²) in [6.45, 7) is 0. The van der Waals surface area contributed by atoms with E-state index in [2.05, 4.69) is 4.98 Å². The summed E-state index contributed by atoms with van der Waals surface area (Å²) in [6.07, 6.45) is 1.51. The van der Waals surface area contributed by atoms with Gasteiger partial charge in [-0.3, -0.25) is 0 Å². The minimum Gasteiger partial charge on any atom is -0.459 e. The van der Waals surface area contributed by atoms with Crippen LogP contribution in [0.1, 0.15) is 0 Å². The number of benzene rings is 1. The Morgan fingerprint density at radius 3 is 2.94 bits per heavy atom. The third-order valence-corrected chi connectivity index (χ3v) is 2.22. The van der Waals surface area contributed by atoms with Crippen LogP contribution in [0.3, 0.4) is 0 Å². The van der Waals surface area contributed by atoms with E-state index < -0.39 is 5.82 Å². The van der Waals surface area contributed by atoms with Crippen molar-refractivity contribution in [2.75, 3.05) is 5.73 Å². The first kappa shape index (κ1) is 8.96. The molecule has 2 aromatic heterocycles. The van der Waals surface area contributed by atoms with Crippen LogP contribution >= 0.6 is 0 Å². The predicted octanol–water partition coefficient (Wildman–Crippen LogP) is 2.81. The first-order valence-corrected chi connectivity index (χ1v) is 4.63. The zero-order chi connectivity index (χ0) is 11.1. The van der Waals surface area contributed by atoms with E-state index in [0.29, 0.717) is 16.9 Å². The van der Waals surface area contributed by atoms with E-state index in [9.17, 15) is 4.39 Å². The molecule has 0 aliphatic rings. The number of rotatable bonds is 1. The first-order valence-electron chi connectivity index (χ1n) is 4.63. The Hall–Kier alpha value is -2.30. The summed E-state index contributed by atoms with van der Waals surface area (Å²) < 4.78 is 23.6. The van der Waals surface area contributed by atoms with E-state index in [1.54, 1.807) is 12.1 Å². The SMILES string of the molecule is Nc1cc(F)cc2nc(-c3ccco3)oc12. The molecule has 3 rings (SSSR count). The smallest absolute Gasteiger partial charge is 0.264 e. The fourth-order valence-electron chi connectivity index (χ4n) is 1.53. The molecule has 2 heterocycles. The number of nitrogens with two attached hydrogens (primary N) is 1. The molecule has 0 saturated heterocycles. The average Bonchev–Trinajstić information content (AvgIpc) is 2.82. The van der Waals surface area contributed by atoms with Gasteiger partial charge in [0.15, 0.2) is 11.3 Å². The number of furan rings is 1. The highest BCUT2D eigenvalue weighted by Crippen LogP contribution is 2.28. The second-order valence-electron chi connectivity index (χ2n) is 3.34. The molecular formula is C11H7FN2O2. The summed E-state index contributed by atoms with van der Waals surface area (Å²) in [5.74, 6) is 0.331. The number of fused-ring (bicyclic) bond motifs is 1. The maximum Gasteiger partial charge on any atom is 0.264 e. The second kappa shape index (κ2) is 3.10. The van der Waals surface area contributed by atoms with Gasteiger partial charge in [0.05, 0.1) is 12.0 Å². The number of hydrogen-bond donors (Lipinski definition) is 1. The lowest BCUT2D eigenvalue weighted by molar-refractivity contribution is 0.535. The topological polar surface area (TPSA) is 65.2 Å². The van der Waals surface area contributed by atoms with Crippen molar-refractivity contribution in [3.63, 3.8) is 0 Å². The van der Waals surface area contributed by atoms with Crippen LogP contribution in [0, 0.1) is 5.82 Å². The van der Waals surface area contributed by atoms with Gasteiger partial charge in [-0.15, -0.1) is 0 Å². The van der Waals surface area contributed by atoms with Gasteiger partial charge in [-0.05, 0) is 12.1 Å². The van der Waals surface area contributed by atoms with Crippen molar-refractivity contribution in [1.82, 2.24) is 4.98 Å². The molecule has 5 heteroatoms. The number of oxazole rings is 1. The molecule has 4 nitrogen and oxygen atoms in total. The summed E-state index contributed by atoms with van der Waals surface area (Å²) in [6, 6.07) is 5.88. The fraction of sp³-hybridized carbons (Fsp3) is 0. The van der Waals surface area contributed by atoms with Gasteiger partial charge in [-0.1, -0.05) is 0 Å². The molecule has 0 radical (unpaired) electrons. The molecule has 0 aliphatic carbocycles. The Kier molecular flexibility index (Phi) is 1.73. The van der Waals surface area contributed by atoms with E-state index in [4.69, 9.17) is 14.6 Å². The molecule has 16 heavy (non-hydrogen) atoms. The standard InChI is InChI=1S/C11H7FN2O2/c12-6-4-7(13)10-8(5-6)14-11(16-10)9-2-1-3-15-9/h1-5H,13H2. The van der Waals surface area contributed by atoms with Gasteiger partial charge in [0.25, 0.3) is 5.89 Å². The van der Waals surface area contributed by atoms with Crippen molar-refractivity contribution < 1.29 is 13.2 Å². The lowest BCUT2D eigenvalue weighted by atomic mass is 10.3. The molecule has 0 fully saturated rings. The third-order valence-electron chi connectivity index (χ3n) is 2.22. The number of halogens is 1. The van der Waals surface area contributed by atoms with Crippen LogP contribution in [0.2, 0.25) is 0 Å². The van der Waals surface area contributed by atoms with Gasteiger partial charge in [0.1, 0.15) is 11.3 Å². The molecule has 0 amide bonds. The number of anilines is 1. The van der Waals surface area contributed by atoms with E-state index in [1.807, 2.05) is 0 Å². The number of hydrogen-bond acceptors (Lipinski definition) is 4. The zero-order valence-corrected chi connectivity index (χ0v) is 8.11. The minimum absolute atomic E-state index is 0.223. The first-order chi connectivity index (χ1) is 7.74. The maximum absolute atomic E-state index is 13.1. The van der Waals surface area contributed by atoms with E-state index in [-0.39, 0.29) is 11.6 Å². The molecule has 0 unspecified atom stereocenters. The highest BCUT2D eigenvalue weighted by molar-refractivity contribution is 5.86. The van der Waals surface area contributed by atoms with Crippen LogP contribution in [0.15, 0.2) is 39.4 Å². The van der Waals surface area contributed by atoms with E-state index >= 15 is 0 Å². The van der Waals surface area contributed by atoms with Crippen molar-refractivity contribution >= 4 is 16.8 Å². The lowest BCUT2D eigenvalue weighted by Crippen LogP contribution is -1.86. The highest BCUT2D eigenvalue weighted by atomic mass is 19.1. The van der Waals surface area contributed by atoms with Crippen molar-refractivity contribution in [1.29, 1.82) is 0 Å². The Labute approximate surface area is 89.5 Å². The van der Waals surface area contributed by atoms with Crippen LogP contribution in [0.4, 0.5) is 10.1 Å². The summed E-state index contributed by atoms with van der Waals surface area (Å²) in [5, 5.41) is 0. The van der Waals surface area contributed by atoms with Gasteiger partial charge in [0, 0.05) is 12.1 Å². The Bertz CT molecular complexity index is 643. The van der Waals surface area contributed by atoms with E-state index in [0.717, 1.165) is 0 Å². The zero-order valence-electron chi connectivity index (χ0n) is 8.11. The fourth-order valence-corrected chi connectivity index (χ4v) is 1.53. The van der Waals surface area contributed by atoms with Gasteiger partial charge >= 0.3 is 0 Å². The van der Waals surface area contributed by atoms with Crippen molar-refractivity contribution in [2.45, 2.75) is 0 Å². The molecule has 0 saturated carbocycles. The van der Waals surface area contributed by atoms with Crippen LogP contribution in [0.5, 0.6) is 0 Å². The number of nitrogen functional groups attached to an aromatic ring is 1. The second-order valence-corrected chi connectivity index (χ2v) is 3.34. The summed E-state index contributed by atoms with van der Waals surface area (Å²) in [4.78, 5) is 4.10. The number of nitrogens with zero attached hydrogens (tertiary/aromatic N) is 1. The minimum atomic E-state index is -0.440. The van der Waals surface area contributed by atoms with Crippen molar-refractivity contribution in [3.05, 3.63) is 36.3 Å². The normalized spacial score (nSPS) is 11.1. The van der Waals surface area contributed by atoms with Gasteiger partial charge in [0.2, 0.25) is 0 Å². The van der Waals surface area contributed by atoms with Crippen molar-refractivity contribution in [2.24, 2.45) is 0 Å².